The summed E-state index contributed by atoms with van der Waals surface area (Å²) in [5.41, 5.74) is 1.86. The smallest absolute Gasteiger partial charge is 0.191 e. The molecule has 32 heavy (non-hydrogen) atoms. The first-order valence-electron chi connectivity index (χ1n) is 11.3. The summed E-state index contributed by atoms with van der Waals surface area (Å²) in [6.07, 6.45) is 3.87. The first-order valence-corrected chi connectivity index (χ1v) is 11.3. The summed E-state index contributed by atoms with van der Waals surface area (Å²) in [6.45, 7) is 8.85. The maximum absolute atomic E-state index is 14.2. The van der Waals surface area contributed by atoms with Crippen molar-refractivity contribution in [3.63, 3.8) is 0 Å². The van der Waals surface area contributed by atoms with Crippen molar-refractivity contribution in [3.8, 4) is 0 Å². The van der Waals surface area contributed by atoms with Gasteiger partial charge < -0.3 is 20.4 Å². The predicted octanol–water partition coefficient (Wildman–Crippen LogP) is 3.38. The number of piperazine rings is 1. The molecule has 8 heteroatoms. The van der Waals surface area contributed by atoms with E-state index in [4.69, 9.17) is 0 Å². The van der Waals surface area contributed by atoms with Gasteiger partial charge in [0.1, 0.15) is 11.6 Å². The van der Waals surface area contributed by atoms with Crippen LogP contribution in [0.4, 0.5) is 10.2 Å². The van der Waals surface area contributed by atoms with E-state index >= 15 is 0 Å². The van der Waals surface area contributed by atoms with Gasteiger partial charge in [-0.15, -0.1) is 24.0 Å². The molecule has 2 N–H and O–H groups in total. The number of rotatable bonds is 7. The highest BCUT2D eigenvalue weighted by molar-refractivity contribution is 14.0. The van der Waals surface area contributed by atoms with Crippen LogP contribution in [0.1, 0.15) is 30.9 Å². The van der Waals surface area contributed by atoms with Gasteiger partial charge in [0.15, 0.2) is 5.96 Å². The van der Waals surface area contributed by atoms with Crippen molar-refractivity contribution < 1.29 is 4.39 Å². The largest absolute Gasteiger partial charge is 0.356 e. The third-order valence-corrected chi connectivity index (χ3v) is 6.53. The van der Waals surface area contributed by atoms with Crippen LogP contribution >= 0.6 is 24.0 Å². The van der Waals surface area contributed by atoms with E-state index in [1.165, 1.54) is 5.56 Å². The number of aliphatic imine (C=N–C) groups is 1. The number of benzene rings is 1. The van der Waals surface area contributed by atoms with Crippen LogP contribution in [0.5, 0.6) is 0 Å². The maximum Gasteiger partial charge on any atom is 0.191 e. The minimum absolute atomic E-state index is 0. The molecule has 1 saturated heterocycles. The lowest BCUT2D eigenvalue weighted by molar-refractivity contribution is 0.270. The molecule has 174 valence electrons. The molecule has 1 aliphatic heterocycles. The summed E-state index contributed by atoms with van der Waals surface area (Å²) in [5, 5.41) is 6.79. The quantitative estimate of drug-likeness (QED) is 0.314. The van der Waals surface area contributed by atoms with Gasteiger partial charge in [0.25, 0.3) is 0 Å². The molecular weight excluding hydrogens is 518 g/mol. The Hall–Kier alpha value is -1.94. The third kappa shape index (κ3) is 5.89. The molecule has 0 atom stereocenters. The highest BCUT2D eigenvalue weighted by Gasteiger charge is 2.45. The average molecular weight is 552 g/mol. The second-order valence-electron chi connectivity index (χ2n) is 8.48. The predicted molar refractivity (Wildman–Crippen MR) is 139 cm³/mol. The second kappa shape index (κ2) is 11.3. The highest BCUT2D eigenvalue weighted by Crippen LogP contribution is 2.48. The van der Waals surface area contributed by atoms with Gasteiger partial charge in [-0.05, 0) is 48.7 Å². The lowest BCUT2D eigenvalue weighted by Crippen LogP contribution is -2.46. The second-order valence-corrected chi connectivity index (χ2v) is 8.48. The number of halogens is 2. The van der Waals surface area contributed by atoms with Crippen molar-refractivity contribution in [2.24, 2.45) is 4.99 Å². The Bertz CT molecular complexity index is 909. The number of nitrogens with one attached hydrogen (secondary N) is 2. The molecule has 6 nitrogen and oxygen atoms in total. The van der Waals surface area contributed by atoms with Gasteiger partial charge in [0, 0.05) is 57.9 Å². The lowest BCUT2D eigenvalue weighted by atomic mass is 9.95. The van der Waals surface area contributed by atoms with Crippen molar-refractivity contribution >= 4 is 35.8 Å². The molecule has 2 aromatic rings. The number of anilines is 1. The van der Waals surface area contributed by atoms with Gasteiger partial charge in [-0.2, -0.15) is 0 Å². The van der Waals surface area contributed by atoms with Gasteiger partial charge in [0.05, 0.1) is 0 Å². The molecule has 0 amide bonds. The van der Waals surface area contributed by atoms with Crippen LogP contribution in [-0.4, -0.2) is 62.2 Å². The van der Waals surface area contributed by atoms with Crippen molar-refractivity contribution in [1.82, 2.24) is 20.5 Å². The zero-order chi connectivity index (χ0) is 21.7. The fourth-order valence-electron chi connectivity index (χ4n) is 4.28. The molecule has 0 spiro atoms. The van der Waals surface area contributed by atoms with Crippen LogP contribution in [0.2, 0.25) is 0 Å². The van der Waals surface area contributed by atoms with Crippen LogP contribution in [0, 0.1) is 5.82 Å². The van der Waals surface area contributed by atoms with Crippen LogP contribution in [0.3, 0.4) is 0 Å². The monoisotopic (exact) mass is 552 g/mol. The summed E-state index contributed by atoms with van der Waals surface area (Å²) in [6, 6.07) is 11.3. The normalized spacial score (nSPS) is 18.1. The minimum atomic E-state index is -0.118. The SMILES string of the molecule is CCN1CCN(c2cc(CNC(=NC)NCC3(c4ccccc4F)CC3)ccn2)CC1.I. The van der Waals surface area contributed by atoms with Crippen molar-refractivity contribution in [2.75, 3.05) is 51.2 Å². The average Bonchev–Trinajstić information content (AvgIpc) is 3.60. The Morgan fingerprint density at radius 3 is 2.53 bits per heavy atom. The summed E-state index contributed by atoms with van der Waals surface area (Å²) in [5.74, 6) is 1.65. The molecule has 2 aliphatic rings. The number of aromatic nitrogens is 1. The molecule has 2 fully saturated rings. The van der Waals surface area contributed by atoms with Crippen LogP contribution in [0.15, 0.2) is 47.6 Å². The Morgan fingerprint density at radius 2 is 1.88 bits per heavy atom. The Kier molecular flexibility index (Phi) is 8.70. The fraction of sp³-hybridized carbons (Fsp3) is 0.500. The van der Waals surface area contributed by atoms with E-state index in [1.54, 1.807) is 19.2 Å². The first kappa shape index (κ1) is 24.7. The molecule has 0 radical (unpaired) electrons. The maximum atomic E-state index is 14.2. The van der Waals surface area contributed by atoms with Crippen LogP contribution in [0.25, 0.3) is 0 Å². The zero-order valence-corrected chi connectivity index (χ0v) is 21.3. The van der Waals surface area contributed by atoms with Crippen molar-refractivity contribution in [2.45, 2.75) is 31.7 Å². The Balaban J connectivity index is 0.00000289. The lowest BCUT2D eigenvalue weighted by Gasteiger charge is -2.34. The van der Waals surface area contributed by atoms with Crippen molar-refractivity contribution in [3.05, 3.63) is 59.5 Å². The third-order valence-electron chi connectivity index (χ3n) is 6.53. The molecule has 0 bridgehead atoms. The Labute approximate surface area is 207 Å². The Morgan fingerprint density at radius 1 is 1.12 bits per heavy atom. The highest BCUT2D eigenvalue weighted by atomic mass is 127. The standard InChI is InChI=1S/C24H33FN6.HI/c1-3-30-12-14-31(15-13-30)22-16-19(8-11-27-22)17-28-23(26-2)29-18-24(9-10-24)20-6-4-5-7-21(20)25;/h4-8,11,16H,3,9-10,12-15,17-18H2,1-2H3,(H2,26,28,29);1H. The zero-order valence-electron chi connectivity index (χ0n) is 19.0. The van der Waals surface area contributed by atoms with Gasteiger partial charge in [-0.25, -0.2) is 9.37 Å². The van der Waals surface area contributed by atoms with Crippen LogP contribution in [-0.2, 0) is 12.0 Å². The molecule has 1 aliphatic carbocycles. The fourth-order valence-corrected chi connectivity index (χ4v) is 4.28. The molecular formula is C24H34FIN6. The van der Waals surface area contributed by atoms with Gasteiger partial charge >= 0.3 is 0 Å². The number of guanidine groups is 1. The molecule has 1 aromatic carbocycles. The minimum Gasteiger partial charge on any atom is -0.356 e. The van der Waals surface area contributed by atoms with Gasteiger partial charge in [-0.1, -0.05) is 25.1 Å². The number of hydrogen-bond acceptors (Lipinski definition) is 4. The van der Waals surface area contributed by atoms with E-state index in [0.29, 0.717) is 13.1 Å². The number of pyridine rings is 1. The summed E-state index contributed by atoms with van der Waals surface area (Å²) >= 11 is 0. The number of nitrogens with zero attached hydrogens (tertiary/aromatic N) is 4. The first-order chi connectivity index (χ1) is 15.1. The van der Waals surface area contributed by atoms with E-state index in [-0.39, 0.29) is 35.2 Å². The molecule has 1 saturated carbocycles. The number of hydrogen-bond donors (Lipinski definition) is 2. The topological polar surface area (TPSA) is 55.8 Å². The van der Waals surface area contributed by atoms with E-state index < -0.39 is 0 Å². The van der Waals surface area contributed by atoms with E-state index in [9.17, 15) is 4.39 Å². The molecule has 4 rings (SSSR count). The van der Waals surface area contributed by atoms with E-state index in [1.807, 2.05) is 24.4 Å². The van der Waals surface area contributed by atoms with E-state index in [0.717, 1.165) is 62.9 Å². The molecule has 0 unspecified atom stereocenters. The summed E-state index contributed by atoms with van der Waals surface area (Å²) < 4.78 is 14.2. The summed E-state index contributed by atoms with van der Waals surface area (Å²) in [4.78, 5) is 13.7. The van der Waals surface area contributed by atoms with Crippen LogP contribution < -0.4 is 15.5 Å². The van der Waals surface area contributed by atoms with Gasteiger partial charge in [-0.3, -0.25) is 4.99 Å². The van der Waals surface area contributed by atoms with Gasteiger partial charge in [0.2, 0.25) is 0 Å². The van der Waals surface area contributed by atoms with Crippen molar-refractivity contribution in [1.29, 1.82) is 0 Å². The number of likely N-dealkylation sites (N-methyl/N-ethyl adjacent to an activating group) is 1. The van der Waals surface area contributed by atoms with E-state index in [2.05, 4.69) is 43.4 Å². The molecule has 1 aromatic heterocycles. The summed E-state index contributed by atoms with van der Waals surface area (Å²) in [7, 11) is 1.77. The molecule has 2 heterocycles.